The molecule has 0 amide bonds. The van der Waals surface area contributed by atoms with E-state index in [0.717, 1.165) is 32.7 Å². The number of nitrogens with zero attached hydrogens (tertiary/aromatic N) is 2. The van der Waals surface area contributed by atoms with E-state index in [0.29, 0.717) is 0 Å². The van der Waals surface area contributed by atoms with Crippen molar-refractivity contribution in [3.63, 3.8) is 0 Å². The lowest BCUT2D eigenvalue weighted by molar-refractivity contribution is 0.0448. The van der Waals surface area contributed by atoms with Crippen LogP contribution < -0.4 is 5.32 Å². The molecule has 1 saturated heterocycles. The van der Waals surface area contributed by atoms with E-state index in [1.54, 1.807) is 0 Å². The number of hydrogen-bond acceptors (Lipinski definition) is 3. The van der Waals surface area contributed by atoms with Gasteiger partial charge in [0, 0.05) is 43.8 Å². The zero-order valence-electron chi connectivity index (χ0n) is 13.1. The van der Waals surface area contributed by atoms with Gasteiger partial charge in [-0.2, -0.15) is 0 Å². The molecule has 0 aliphatic carbocycles. The van der Waals surface area contributed by atoms with Crippen LogP contribution in [0.5, 0.6) is 0 Å². The Morgan fingerprint density at radius 1 is 1.28 bits per heavy atom. The molecule has 0 aromatic rings. The van der Waals surface area contributed by atoms with Crippen LogP contribution in [-0.4, -0.2) is 60.6 Å². The van der Waals surface area contributed by atoms with Crippen LogP contribution >= 0.6 is 0 Å². The fraction of sp³-hybridized carbons (Fsp3) is 0.867. The molecule has 1 aliphatic heterocycles. The summed E-state index contributed by atoms with van der Waals surface area (Å²) in [7, 11) is 2.22. The van der Waals surface area contributed by atoms with Crippen molar-refractivity contribution < 1.29 is 0 Å². The van der Waals surface area contributed by atoms with E-state index in [9.17, 15) is 0 Å². The normalized spacial score (nSPS) is 22.1. The SMILES string of the molecule is C=C(CNC(C)(C)C)CN1CCN(C)C(C)(C)C1. The Labute approximate surface area is 113 Å². The van der Waals surface area contributed by atoms with Gasteiger partial charge in [0.25, 0.3) is 0 Å². The lowest BCUT2D eigenvalue weighted by atomic mass is 9.99. The van der Waals surface area contributed by atoms with Gasteiger partial charge < -0.3 is 5.32 Å². The minimum absolute atomic E-state index is 0.171. The van der Waals surface area contributed by atoms with Crippen molar-refractivity contribution in [2.24, 2.45) is 0 Å². The van der Waals surface area contributed by atoms with E-state index in [1.807, 2.05) is 0 Å². The molecule has 1 aliphatic rings. The van der Waals surface area contributed by atoms with Crippen molar-refractivity contribution in [2.75, 3.05) is 39.8 Å². The number of piperazine rings is 1. The molecule has 1 heterocycles. The van der Waals surface area contributed by atoms with E-state index in [1.165, 1.54) is 5.57 Å². The summed E-state index contributed by atoms with van der Waals surface area (Å²) in [6, 6.07) is 0. The quantitative estimate of drug-likeness (QED) is 0.773. The maximum absolute atomic E-state index is 4.20. The molecular weight excluding hydrogens is 222 g/mol. The van der Waals surface area contributed by atoms with E-state index in [2.05, 4.69) is 63.4 Å². The average molecular weight is 253 g/mol. The highest BCUT2D eigenvalue weighted by molar-refractivity contribution is 5.03. The van der Waals surface area contributed by atoms with Gasteiger partial charge in [-0.1, -0.05) is 6.58 Å². The fourth-order valence-corrected chi connectivity index (χ4v) is 2.24. The largest absolute Gasteiger partial charge is 0.308 e. The van der Waals surface area contributed by atoms with Crippen molar-refractivity contribution in [2.45, 2.75) is 45.7 Å². The van der Waals surface area contributed by atoms with Gasteiger partial charge in [0.1, 0.15) is 0 Å². The molecule has 1 N–H and O–H groups in total. The maximum Gasteiger partial charge on any atom is 0.0277 e. The Morgan fingerprint density at radius 2 is 1.89 bits per heavy atom. The van der Waals surface area contributed by atoms with Gasteiger partial charge in [0.05, 0.1) is 0 Å². The van der Waals surface area contributed by atoms with E-state index in [4.69, 9.17) is 0 Å². The summed E-state index contributed by atoms with van der Waals surface area (Å²) in [5.74, 6) is 0. The van der Waals surface area contributed by atoms with E-state index in [-0.39, 0.29) is 11.1 Å². The van der Waals surface area contributed by atoms with Gasteiger partial charge in [-0.15, -0.1) is 0 Å². The highest BCUT2D eigenvalue weighted by Gasteiger charge is 2.30. The van der Waals surface area contributed by atoms with Crippen molar-refractivity contribution in [1.29, 1.82) is 0 Å². The molecule has 0 aromatic carbocycles. The summed E-state index contributed by atoms with van der Waals surface area (Å²) in [5, 5.41) is 3.50. The molecule has 0 radical (unpaired) electrons. The van der Waals surface area contributed by atoms with Crippen LogP contribution in [0.4, 0.5) is 0 Å². The zero-order valence-corrected chi connectivity index (χ0v) is 13.1. The monoisotopic (exact) mass is 253 g/mol. The molecule has 0 atom stereocenters. The fourth-order valence-electron chi connectivity index (χ4n) is 2.24. The Hall–Kier alpha value is -0.380. The number of rotatable bonds is 4. The second-order valence-corrected chi connectivity index (χ2v) is 7.30. The van der Waals surface area contributed by atoms with Crippen molar-refractivity contribution >= 4 is 0 Å². The molecule has 1 rings (SSSR count). The van der Waals surface area contributed by atoms with E-state index >= 15 is 0 Å². The van der Waals surface area contributed by atoms with E-state index < -0.39 is 0 Å². The standard InChI is InChI=1S/C15H31N3/c1-13(10-16-14(2,3)4)11-18-9-8-17(7)15(5,6)12-18/h16H,1,8-12H2,2-7H3. The summed E-state index contributed by atoms with van der Waals surface area (Å²) in [6.45, 7) is 20.8. The highest BCUT2D eigenvalue weighted by Crippen LogP contribution is 2.19. The van der Waals surface area contributed by atoms with Gasteiger partial charge in [-0.3, -0.25) is 9.80 Å². The third-order valence-electron chi connectivity index (χ3n) is 3.71. The number of nitrogens with one attached hydrogen (secondary N) is 1. The third-order valence-corrected chi connectivity index (χ3v) is 3.71. The Balaban J connectivity index is 2.37. The molecule has 3 heteroatoms. The molecule has 106 valence electrons. The topological polar surface area (TPSA) is 18.5 Å². The predicted molar refractivity (Wildman–Crippen MR) is 80.0 cm³/mol. The van der Waals surface area contributed by atoms with Crippen LogP contribution in [0.25, 0.3) is 0 Å². The molecule has 0 spiro atoms. The summed E-state index contributed by atoms with van der Waals surface area (Å²) in [4.78, 5) is 4.96. The van der Waals surface area contributed by atoms with Crippen LogP contribution in [-0.2, 0) is 0 Å². The van der Waals surface area contributed by atoms with Gasteiger partial charge in [-0.05, 0) is 47.2 Å². The van der Waals surface area contributed by atoms with Crippen LogP contribution in [0, 0.1) is 0 Å². The van der Waals surface area contributed by atoms with Crippen molar-refractivity contribution in [3.05, 3.63) is 12.2 Å². The van der Waals surface area contributed by atoms with Crippen LogP contribution in [0.3, 0.4) is 0 Å². The minimum atomic E-state index is 0.171. The van der Waals surface area contributed by atoms with Gasteiger partial charge >= 0.3 is 0 Å². The number of likely N-dealkylation sites (N-methyl/N-ethyl adjacent to an activating group) is 1. The second-order valence-electron chi connectivity index (χ2n) is 7.30. The lowest BCUT2D eigenvalue weighted by Crippen LogP contribution is -2.58. The number of hydrogen-bond donors (Lipinski definition) is 1. The second kappa shape index (κ2) is 5.72. The first-order valence-electron chi connectivity index (χ1n) is 6.95. The molecule has 0 aromatic heterocycles. The molecule has 0 saturated carbocycles. The summed E-state index contributed by atoms with van der Waals surface area (Å²) < 4.78 is 0. The molecule has 3 nitrogen and oxygen atoms in total. The Bertz CT molecular complexity index is 289. The predicted octanol–water partition coefficient (Wildman–Crippen LogP) is 1.96. The third kappa shape index (κ3) is 5.09. The first-order chi connectivity index (χ1) is 8.10. The van der Waals surface area contributed by atoms with Crippen LogP contribution in [0.2, 0.25) is 0 Å². The lowest BCUT2D eigenvalue weighted by Gasteiger charge is -2.45. The molecule has 18 heavy (non-hydrogen) atoms. The molecule has 1 fully saturated rings. The molecule has 0 unspecified atom stereocenters. The van der Waals surface area contributed by atoms with Crippen molar-refractivity contribution in [3.8, 4) is 0 Å². The first kappa shape index (κ1) is 15.7. The van der Waals surface area contributed by atoms with Crippen LogP contribution in [0.15, 0.2) is 12.2 Å². The molecule has 0 bridgehead atoms. The highest BCUT2D eigenvalue weighted by atomic mass is 15.3. The Morgan fingerprint density at radius 3 is 2.39 bits per heavy atom. The first-order valence-corrected chi connectivity index (χ1v) is 6.95. The summed E-state index contributed by atoms with van der Waals surface area (Å²) in [5.41, 5.74) is 1.73. The average Bonchev–Trinajstić information content (AvgIpc) is 2.19. The van der Waals surface area contributed by atoms with Gasteiger partial charge in [0.15, 0.2) is 0 Å². The zero-order chi connectivity index (χ0) is 14.0. The molecular formula is C15H31N3. The van der Waals surface area contributed by atoms with Crippen LogP contribution in [0.1, 0.15) is 34.6 Å². The van der Waals surface area contributed by atoms with Gasteiger partial charge in [-0.25, -0.2) is 0 Å². The maximum atomic E-state index is 4.20. The summed E-state index contributed by atoms with van der Waals surface area (Å²) >= 11 is 0. The Kier molecular flexibility index (Phi) is 4.98. The van der Waals surface area contributed by atoms with Gasteiger partial charge in [0.2, 0.25) is 0 Å². The summed E-state index contributed by atoms with van der Waals surface area (Å²) in [6.07, 6.45) is 0. The smallest absolute Gasteiger partial charge is 0.0277 e. The van der Waals surface area contributed by atoms with Crippen molar-refractivity contribution in [1.82, 2.24) is 15.1 Å². The minimum Gasteiger partial charge on any atom is -0.308 e.